The molecule has 0 atom stereocenters. The first kappa shape index (κ1) is 12.4. The fourth-order valence-corrected chi connectivity index (χ4v) is 3.15. The number of rotatable bonds is 4. The van der Waals surface area contributed by atoms with Crippen LogP contribution in [0.1, 0.15) is 38.5 Å². The van der Waals surface area contributed by atoms with Crippen LogP contribution >= 0.6 is 0 Å². The fourth-order valence-electron chi connectivity index (χ4n) is 3.15. The molecule has 1 aliphatic heterocycles. The standard InChI is InChI=1S/C14H27N2/c1-2-8-15-9-11-16(12-10-15)13-14-6-4-3-5-7-14/h14H,1-13H2. The topological polar surface area (TPSA) is 6.48 Å². The van der Waals surface area contributed by atoms with Crippen molar-refractivity contribution in [2.75, 3.05) is 39.3 Å². The van der Waals surface area contributed by atoms with E-state index in [4.69, 9.17) is 0 Å². The van der Waals surface area contributed by atoms with Gasteiger partial charge in [0.2, 0.25) is 0 Å². The highest BCUT2D eigenvalue weighted by molar-refractivity contribution is 4.76. The van der Waals surface area contributed by atoms with Crippen LogP contribution in [-0.2, 0) is 0 Å². The van der Waals surface area contributed by atoms with Crippen molar-refractivity contribution in [1.29, 1.82) is 0 Å². The Hall–Kier alpha value is -0.0800. The Balaban J connectivity index is 1.64. The number of nitrogens with zero attached hydrogens (tertiary/aromatic N) is 2. The lowest BCUT2D eigenvalue weighted by molar-refractivity contribution is 0.111. The summed E-state index contributed by atoms with van der Waals surface area (Å²) in [6, 6.07) is 0. The van der Waals surface area contributed by atoms with Crippen LogP contribution < -0.4 is 0 Å². The van der Waals surface area contributed by atoms with Crippen LogP contribution in [0.3, 0.4) is 0 Å². The van der Waals surface area contributed by atoms with Gasteiger partial charge in [0, 0.05) is 32.7 Å². The van der Waals surface area contributed by atoms with E-state index >= 15 is 0 Å². The molecule has 2 rings (SSSR count). The predicted molar refractivity (Wildman–Crippen MR) is 69.4 cm³/mol. The highest BCUT2D eigenvalue weighted by Crippen LogP contribution is 2.24. The Morgan fingerprint density at radius 2 is 1.50 bits per heavy atom. The summed E-state index contributed by atoms with van der Waals surface area (Å²) in [6.07, 6.45) is 8.47. The second kappa shape index (κ2) is 6.61. The average molecular weight is 223 g/mol. The summed E-state index contributed by atoms with van der Waals surface area (Å²) < 4.78 is 0. The normalized spacial score (nSPS) is 26.1. The Kier molecular flexibility index (Phi) is 5.11. The minimum atomic E-state index is 1.01. The summed E-state index contributed by atoms with van der Waals surface area (Å²) in [7, 11) is 0. The van der Waals surface area contributed by atoms with E-state index in [9.17, 15) is 0 Å². The Labute approximate surface area is 101 Å². The van der Waals surface area contributed by atoms with Gasteiger partial charge in [-0.15, -0.1) is 0 Å². The molecule has 0 aromatic carbocycles. The van der Waals surface area contributed by atoms with E-state index in [-0.39, 0.29) is 0 Å². The van der Waals surface area contributed by atoms with E-state index in [2.05, 4.69) is 16.7 Å². The van der Waals surface area contributed by atoms with Crippen LogP contribution in [0, 0.1) is 12.8 Å². The van der Waals surface area contributed by atoms with Gasteiger partial charge in [0.25, 0.3) is 0 Å². The Bertz CT molecular complexity index is 179. The largest absolute Gasteiger partial charge is 0.301 e. The van der Waals surface area contributed by atoms with Gasteiger partial charge in [0.05, 0.1) is 0 Å². The zero-order valence-corrected chi connectivity index (χ0v) is 10.7. The third-order valence-electron chi connectivity index (χ3n) is 4.18. The van der Waals surface area contributed by atoms with Crippen molar-refractivity contribution in [1.82, 2.24) is 9.80 Å². The molecule has 1 saturated heterocycles. The summed E-state index contributed by atoms with van der Waals surface area (Å²) in [4.78, 5) is 5.25. The van der Waals surface area contributed by atoms with E-state index < -0.39 is 0 Å². The smallest absolute Gasteiger partial charge is 0.0110 e. The van der Waals surface area contributed by atoms with E-state index in [0.29, 0.717) is 0 Å². The van der Waals surface area contributed by atoms with Gasteiger partial charge in [-0.05, 0) is 31.7 Å². The molecule has 1 saturated carbocycles. The lowest BCUT2D eigenvalue weighted by atomic mass is 9.89. The molecule has 0 aromatic rings. The zero-order valence-electron chi connectivity index (χ0n) is 10.7. The molecule has 1 aliphatic carbocycles. The summed E-state index contributed by atoms with van der Waals surface area (Å²) in [5.74, 6) is 1.01. The maximum Gasteiger partial charge on any atom is 0.0110 e. The first-order valence-electron chi connectivity index (χ1n) is 7.12. The van der Waals surface area contributed by atoms with Crippen LogP contribution in [0.25, 0.3) is 0 Å². The van der Waals surface area contributed by atoms with Crippen molar-refractivity contribution < 1.29 is 0 Å². The van der Waals surface area contributed by atoms with Gasteiger partial charge in [-0.2, -0.15) is 0 Å². The third kappa shape index (κ3) is 3.74. The van der Waals surface area contributed by atoms with Gasteiger partial charge in [-0.3, -0.25) is 0 Å². The summed E-state index contributed by atoms with van der Waals surface area (Å²) >= 11 is 0. The molecule has 16 heavy (non-hydrogen) atoms. The molecule has 2 heteroatoms. The molecule has 1 radical (unpaired) electrons. The van der Waals surface area contributed by atoms with Crippen LogP contribution in [-0.4, -0.2) is 49.1 Å². The van der Waals surface area contributed by atoms with Gasteiger partial charge in [0.15, 0.2) is 0 Å². The van der Waals surface area contributed by atoms with E-state index in [1.165, 1.54) is 71.4 Å². The molecule has 2 fully saturated rings. The molecule has 0 N–H and O–H groups in total. The van der Waals surface area contributed by atoms with Crippen LogP contribution in [0.5, 0.6) is 0 Å². The van der Waals surface area contributed by atoms with Gasteiger partial charge < -0.3 is 9.80 Å². The van der Waals surface area contributed by atoms with Crippen molar-refractivity contribution in [2.45, 2.75) is 38.5 Å². The summed E-state index contributed by atoms with van der Waals surface area (Å²) in [5, 5.41) is 0. The number of hydrogen-bond donors (Lipinski definition) is 0. The lowest BCUT2D eigenvalue weighted by Gasteiger charge is -2.37. The molecule has 0 bridgehead atoms. The predicted octanol–water partition coefficient (Wildman–Crippen LogP) is 2.41. The molecule has 0 spiro atoms. The average Bonchev–Trinajstić information content (AvgIpc) is 2.33. The Morgan fingerprint density at radius 1 is 0.875 bits per heavy atom. The first-order chi connectivity index (χ1) is 7.88. The molecule has 1 heterocycles. The van der Waals surface area contributed by atoms with Gasteiger partial charge >= 0.3 is 0 Å². The minimum Gasteiger partial charge on any atom is -0.301 e. The second-order valence-electron chi connectivity index (χ2n) is 5.50. The highest BCUT2D eigenvalue weighted by atomic mass is 15.3. The Morgan fingerprint density at radius 3 is 2.12 bits per heavy atom. The minimum absolute atomic E-state index is 1.01. The third-order valence-corrected chi connectivity index (χ3v) is 4.18. The first-order valence-corrected chi connectivity index (χ1v) is 7.12. The molecular formula is C14H27N2. The highest BCUT2D eigenvalue weighted by Gasteiger charge is 2.20. The fraction of sp³-hybridized carbons (Fsp3) is 0.929. The van der Waals surface area contributed by atoms with E-state index in [1.807, 2.05) is 0 Å². The molecule has 0 aromatic heterocycles. The van der Waals surface area contributed by atoms with Gasteiger partial charge in [-0.1, -0.05) is 26.2 Å². The number of piperazine rings is 1. The monoisotopic (exact) mass is 223 g/mol. The molecule has 2 nitrogen and oxygen atoms in total. The van der Waals surface area contributed by atoms with E-state index in [1.54, 1.807) is 0 Å². The van der Waals surface area contributed by atoms with Crippen molar-refractivity contribution in [2.24, 2.45) is 5.92 Å². The summed E-state index contributed by atoms with van der Waals surface area (Å²) in [6.45, 7) is 11.6. The maximum atomic E-state index is 3.94. The van der Waals surface area contributed by atoms with Crippen LogP contribution in [0.15, 0.2) is 0 Å². The molecule has 93 valence electrons. The molecule has 0 amide bonds. The summed E-state index contributed by atoms with van der Waals surface area (Å²) in [5.41, 5.74) is 0. The van der Waals surface area contributed by atoms with Crippen molar-refractivity contribution in [3.05, 3.63) is 6.92 Å². The molecular weight excluding hydrogens is 196 g/mol. The van der Waals surface area contributed by atoms with E-state index in [0.717, 1.165) is 12.3 Å². The molecule has 0 unspecified atom stereocenters. The van der Waals surface area contributed by atoms with Crippen molar-refractivity contribution in [3.63, 3.8) is 0 Å². The molecule has 2 aliphatic rings. The quantitative estimate of drug-likeness (QED) is 0.722. The number of hydrogen-bond acceptors (Lipinski definition) is 2. The zero-order chi connectivity index (χ0) is 11.2. The SMILES string of the molecule is [CH2]CCN1CCN(CC2CCCCC2)CC1. The maximum absolute atomic E-state index is 3.94. The van der Waals surface area contributed by atoms with Crippen molar-refractivity contribution >= 4 is 0 Å². The van der Waals surface area contributed by atoms with Crippen LogP contribution in [0.2, 0.25) is 0 Å². The van der Waals surface area contributed by atoms with Gasteiger partial charge in [0.1, 0.15) is 0 Å². The van der Waals surface area contributed by atoms with Gasteiger partial charge in [-0.25, -0.2) is 0 Å². The lowest BCUT2D eigenvalue weighted by Crippen LogP contribution is -2.47. The second-order valence-corrected chi connectivity index (χ2v) is 5.50. The van der Waals surface area contributed by atoms with Crippen molar-refractivity contribution in [3.8, 4) is 0 Å². The van der Waals surface area contributed by atoms with Crippen LogP contribution in [0.4, 0.5) is 0 Å².